The number of ether oxygens (including phenoxy) is 2. The first-order chi connectivity index (χ1) is 13.1. The average Bonchev–Trinajstić information content (AvgIpc) is 2.67. The third kappa shape index (κ3) is 8.15. The topological polar surface area (TPSA) is 71.6 Å². The van der Waals surface area contributed by atoms with E-state index in [1.165, 1.54) is 0 Å². The molecule has 144 valence electrons. The Balaban J connectivity index is 1.59. The highest BCUT2D eigenvalue weighted by Crippen LogP contribution is 2.17. The number of thiocarbonyl (C=S) groups is 1. The summed E-state index contributed by atoms with van der Waals surface area (Å²) in [7, 11) is 0. The minimum atomic E-state index is -0.175. The van der Waals surface area contributed by atoms with E-state index in [1.807, 2.05) is 31.2 Å². The molecule has 1 amide bonds. The molecule has 3 N–H and O–H groups in total. The number of carbonyl (C=O) groups excluding carboxylic acids is 1. The van der Waals surface area contributed by atoms with Gasteiger partial charge in [0.15, 0.2) is 5.11 Å². The molecule has 0 bridgehead atoms. The fourth-order valence-corrected chi connectivity index (χ4v) is 2.40. The predicted molar refractivity (Wildman–Crippen MR) is 111 cm³/mol. The highest BCUT2D eigenvalue weighted by molar-refractivity contribution is 7.80. The number of nitrogens with one attached hydrogen (secondary N) is 3. The van der Waals surface area contributed by atoms with Gasteiger partial charge < -0.3 is 14.8 Å². The molecule has 0 aliphatic carbocycles. The lowest BCUT2D eigenvalue weighted by Crippen LogP contribution is -2.43. The Kier molecular flexibility index (Phi) is 8.67. The molecule has 0 unspecified atom stereocenters. The second-order valence-corrected chi connectivity index (χ2v) is 6.34. The van der Waals surface area contributed by atoms with Crippen molar-refractivity contribution in [2.24, 2.45) is 0 Å². The summed E-state index contributed by atoms with van der Waals surface area (Å²) in [6.07, 6.45) is 0.895. The zero-order chi connectivity index (χ0) is 19.5. The summed E-state index contributed by atoms with van der Waals surface area (Å²) < 4.78 is 11.0. The van der Waals surface area contributed by atoms with E-state index in [0.717, 1.165) is 17.2 Å². The second kappa shape index (κ2) is 11.3. The summed E-state index contributed by atoms with van der Waals surface area (Å²) in [5.41, 5.74) is 5.97. The standard InChI is InChI=1S/C19H22ClN3O3S/c1-2-25-16-9-11-17(12-10-16)26-13-3-4-18(24)22-23-19(27)21-15-7-5-14(20)6-8-15/h5-12H,2-4,13H2,1H3,(H,22,24)(H2,21,23,27). The van der Waals surface area contributed by atoms with Crippen LogP contribution in [0.3, 0.4) is 0 Å². The van der Waals surface area contributed by atoms with Gasteiger partial charge in [0, 0.05) is 17.1 Å². The minimum absolute atomic E-state index is 0.175. The molecule has 0 saturated heterocycles. The third-order valence-corrected chi connectivity index (χ3v) is 3.83. The summed E-state index contributed by atoms with van der Waals surface area (Å²) in [5.74, 6) is 1.37. The number of carbonyl (C=O) groups is 1. The quantitative estimate of drug-likeness (QED) is 0.350. The Labute approximate surface area is 169 Å². The van der Waals surface area contributed by atoms with Crippen molar-refractivity contribution >= 4 is 40.5 Å². The van der Waals surface area contributed by atoms with E-state index in [4.69, 9.17) is 33.3 Å². The van der Waals surface area contributed by atoms with Crippen LogP contribution in [0.4, 0.5) is 5.69 Å². The van der Waals surface area contributed by atoms with E-state index in [1.54, 1.807) is 24.3 Å². The lowest BCUT2D eigenvalue weighted by atomic mass is 10.3. The highest BCUT2D eigenvalue weighted by atomic mass is 35.5. The first-order valence-corrected chi connectivity index (χ1v) is 9.32. The van der Waals surface area contributed by atoms with Gasteiger partial charge >= 0.3 is 0 Å². The summed E-state index contributed by atoms with van der Waals surface area (Å²) in [5, 5.41) is 3.87. The van der Waals surface area contributed by atoms with Gasteiger partial charge in [-0.1, -0.05) is 11.6 Å². The summed E-state index contributed by atoms with van der Waals surface area (Å²) in [6.45, 7) is 3.00. The third-order valence-electron chi connectivity index (χ3n) is 3.37. The van der Waals surface area contributed by atoms with Gasteiger partial charge in [-0.25, -0.2) is 0 Å². The molecule has 0 fully saturated rings. The molecule has 0 aliphatic rings. The Hall–Kier alpha value is -2.51. The van der Waals surface area contributed by atoms with E-state index in [2.05, 4.69) is 16.2 Å². The zero-order valence-corrected chi connectivity index (χ0v) is 16.5. The van der Waals surface area contributed by atoms with Crippen molar-refractivity contribution in [3.63, 3.8) is 0 Å². The van der Waals surface area contributed by atoms with Crippen molar-refractivity contribution < 1.29 is 14.3 Å². The highest BCUT2D eigenvalue weighted by Gasteiger charge is 2.03. The Morgan fingerprint density at radius 3 is 2.26 bits per heavy atom. The van der Waals surface area contributed by atoms with E-state index in [-0.39, 0.29) is 11.0 Å². The van der Waals surface area contributed by atoms with E-state index in [0.29, 0.717) is 31.1 Å². The van der Waals surface area contributed by atoms with E-state index in [9.17, 15) is 4.79 Å². The number of hydrogen-bond donors (Lipinski definition) is 3. The number of hydrogen-bond acceptors (Lipinski definition) is 4. The van der Waals surface area contributed by atoms with Gasteiger partial charge in [-0.2, -0.15) is 0 Å². The number of anilines is 1. The molecule has 0 heterocycles. The van der Waals surface area contributed by atoms with Crippen LogP contribution < -0.4 is 25.6 Å². The number of rotatable bonds is 8. The van der Waals surface area contributed by atoms with Crippen LogP contribution in [0, 0.1) is 0 Å². The molecule has 0 aromatic heterocycles. The van der Waals surface area contributed by atoms with Gasteiger partial charge in [0.25, 0.3) is 0 Å². The molecule has 8 heteroatoms. The number of benzene rings is 2. The van der Waals surface area contributed by atoms with Gasteiger partial charge in [0.2, 0.25) is 5.91 Å². The molecular formula is C19H22ClN3O3S. The van der Waals surface area contributed by atoms with Crippen molar-refractivity contribution in [3.8, 4) is 11.5 Å². The molecule has 2 rings (SSSR count). The Morgan fingerprint density at radius 2 is 1.63 bits per heavy atom. The maximum absolute atomic E-state index is 11.8. The number of amides is 1. The van der Waals surface area contributed by atoms with Crippen LogP contribution in [0.15, 0.2) is 48.5 Å². The zero-order valence-electron chi connectivity index (χ0n) is 15.0. The molecular weight excluding hydrogens is 386 g/mol. The van der Waals surface area contributed by atoms with E-state index < -0.39 is 0 Å². The minimum Gasteiger partial charge on any atom is -0.494 e. The fraction of sp³-hybridized carbons (Fsp3) is 0.263. The molecule has 6 nitrogen and oxygen atoms in total. The maximum Gasteiger partial charge on any atom is 0.238 e. The van der Waals surface area contributed by atoms with Crippen LogP contribution in [0.25, 0.3) is 0 Å². The first kappa shape index (κ1) is 20.8. The average molecular weight is 408 g/mol. The van der Waals surface area contributed by atoms with Crippen LogP contribution in [-0.2, 0) is 4.79 Å². The lowest BCUT2D eigenvalue weighted by molar-refractivity contribution is -0.121. The molecule has 0 aliphatic heterocycles. The van der Waals surface area contributed by atoms with Crippen molar-refractivity contribution in [1.82, 2.24) is 10.9 Å². The normalized spacial score (nSPS) is 10.0. The Morgan fingerprint density at radius 1 is 1.00 bits per heavy atom. The van der Waals surface area contributed by atoms with E-state index >= 15 is 0 Å². The van der Waals surface area contributed by atoms with Gasteiger partial charge in [-0.05, 0) is 74.1 Å². The monoisotopic (exact) mass is 407 g/mol. The molecule has 2 aromatic carbocycles. The number of hydrazine groups is 1. The largest absolute Gasteiger partial charge is 0.494 e. The van der Waals surface area contributed by atoms with Crippen LogP contribution >= 0.6 is 23.8 Å². The maximum atomic E-state index is 11.8. The summed E-state index contributed by atoms with van der Waals surface area (Å²) in [4.78, 5) is 11.8. The molecule has 27 heavy (non-hydrogen) atoms. The second-order valence-electron chi connectivity index (χ2n) is 5.49. The van der Waals surface area contributed by atoms with Crippen LogP contribution in [0.2, 0.25) is 5.02 Å². The predicted octanol–water partition coefficient (Wildman–Crippen LogP) is 3.92. The van der Waals surface area contributed by atoms with Crippen LogP contribution in [-0.4, -0.2) is 24.2 Å². The van der Waals surface area contributed by atoms with Crippen LogP contribution in [0.1, 0.15) is 19.8 Å². The molecule has 0 spiro atoms. The van der Waals surface area contributed by atoms with Crippen molar-refractivity contribution in [2.45, 2.75) is 19.8 Å². The van der Waals surface area contributed by atoms with Gasteiger partial charge in [0.05, 0.1) is 13.2 Å². The van der Waals surface area contributed by atoms with Crippen LogP contribution in [0.5, 0.6) is 11.5 Å². The molecule has 0 atom stereocenters. The lowest BCUT2D eigenvalue weighted by Gasteiger charge is -2.12. The van der Waals surface area contributed by atoms with Crippen molar-refractivity contribution in [2.75, 3.05) is 18.5 Å². The SMILES string of the molecule is CCOc1ccc(OCCCC(=O)NNC(=S)Nc2ccc(Cl)cc2)cc1. The smallest absolute Gasteiger partial charge is 0.238 e. The molecule has 2 aromatic rings. The molecule has 0 radical (unpaired) electrons. The van der Waals surface area contributed by atoms with Gasteiger partial charge in [-0.15, -0.1) is 0 Å². The fourth-order valence-electron chi connectivity index (χ4n) is 2.11. The van der Waals surface area contributed by atoms with Crippen molar-refractivity contribution in [1.29, 1.82) is 0 Å². The van der Waals surface area contributed by atoms with Crippen molar-refractivity contribution in [3.05, 3.63) is 53.6 Å². The number of halogens is 1. The van der Waals surface area contributed by atoms with Gasteiger partial charge in [-0.3, -0.25) is 15.6 Å². The molecule has 0 saturated carbocycles. The summed E-state index contributed by atoms with van der Waals surface area (Å²) in [6, 6.07) is 14.5. The van der Waals surface area contributed by atoms with Gasteiger partial charge in [0.1, 0.15) is 11.5 Å². The Bertz CT molecular complexity index is 739. The first-order valence-electron chi connectivity index (χ1n) is 8.54. The summed E-state index contributed by atoms with van der Waals surface area (Å²) >= 11 is 10.9.